The third kappa shape index (κ3) is 2.69. The largest absolute Gasteiger partial charge is 0.496 e. The first-order valence-corrected chi connectivity index (χ1v) is 8.10. The van der Waals surface area contributed by atoms with Gasteiger partial charge in [0.15, 0.2) is 0 Å². The van der Waals surface area contributed by atoms with Crippen LogP contribution in [-0.2, 0) is 0 Å². The summed E-state index contributed by atoms with van der Waals surface area (Å²) in [5.74, 6) is 1.25. The average molecular weight is 312 g/mol. The Bertz CT molecular complexity index is 723. The highest BCUT2D eigenvalue weighted by Gasteiger charge is 2.32. The zero-order chi connectivity index (χ0) is 15.8. The van der Waals surface area contributed by atoms with Gasteiger partial charge < -0.3 is 9.64 Å². The van der Waals surface area contributed by atoms with E-state index in [1.807, 2.05) is 33.8 Å². The Morgan fingerprint density at radius 3 is 2.87 bits per heavy atom. The second-order valence-electron chi connectivity index (χ2n) is 6.29. The van der Waals surface area contributed by atoms with Crippen molar-refractivity contribution in [1.29, 1.82) is 0 Å². The molecule has 1 saturated carbocycles. The van der Waals surface area contributed by atoms with Gasteiger partial charge in [0.1, 0.15) is 5.75 Å². The predicted molar refractivity (Wildman–Crippen MR) is 84.5 cm³/mol. The first-order chi connectivity index (χ1) is 11.3. The Morgan fingerprint density at radius 1 is 1.26 bits per heavy atom. The predicted octanol–water partition coefficient (Wildman–Crippen LogP) is 2.25. The molecule has 1 aliphatic heterocycles. The minimum absolute atomic E-state index is 0.0208. The van der Waals surface area contributed by atoms with Gasteiger partial charge >= 0.3 is 0 Å². The SMILES string of the molecule is COc1ccccc1C(=O)N1CCC(n2cc(C3CC3)nn2)C1. The van der Waals surface area contributed by atoms with Gasteiger partial charge in [-0.05, 0) is 31.4 Å². The minimum atomic E-state index is 0.0208. The highest BCUT2D eigenvalue weighted by Crippen LogP contribution is 2.39. The molecule has 1 aliphatic carbocycles. The number of hydrogen-bond donors (Lipinski definition) is 0. The van der Waals surface area contributed by atoms with Crippen LogP contribution in [0.3, 0.4) is 0 Å². The Labute approximate surface area is 135 Å². The van der Waals surface area contributed by atoms with E-state index in [1.54, 1.807) is 7.11 Å². The second-order valence-corrected chi connectivity index (χ2v) is 6.29. The van der Waals surface area contributed by atoms with E-state index in [0.717, 1.165) is 18.7 Å². The number of rotatable bonds is 4. The lowest BCUT2D eigenvalue weighted by Crippen LogP contribution is -2.29. The fourth-order valence-corrected chi connectivity index (χ4v) is 3.17. The third-order valence-corrected chi connectivity index (χ3v) is 4.69. The van der Waals surface area contributed by atoms with Crippen molar-refractivity contribution in [1.82, 2.24) is 19.9 Å². The Hall–Kier alpha value is -2.37. The summed E-state index contributed by atoms with van der Waals surface area (Å²) in [6.45, 7) is 1.41. The molecule has 6 nitrogen and oxygen atoms in total. The summed E-state index contributed by atoms with van der Waals surface area (Å²) < 4.78 is 7.23. The molecule has 6 heteroatoms. The van der Waals surface area contributed by atoms with Crippen molar-refractivity contribution in [2.75, 3.05) is 20.2 Å². The lowest BCUT2D eigenvalue weighted by molar-refractivity contribution is 0.0783. The summed E-state index contributed by atoms with van der Waals surface area (Å²) in [6, 6.07) is 7.59. The average Bonchev–Trinajstić information content (AvgIpc) is 3.13. The van der Waals surface area contributed by atoms with E-state index < -0.39 is 0 Å². The van der Waals surface area contributed by atoms with Gasteiger partial charge in [0.2, 0.25) is 0 Å². The number of nitrogens with zero attached hydrogens (tertiary/aromatic N) is 4. The maximum absolute atomic E-state index is 12.7. The molecule has 0 spiro atoms. The van der Waals surface area contributed by atoms with E-state index in [-0.39, 0.29) is 11.9 Å². The topological polar surface area (TPSA) is 60.2 Å². The Morgan fingerprint density at radius 2 is 2.09 bits per heavy atom. The molecule has 2 aromatic rings. The van der Waals surface area contributed by atoms with Crippen LogP contribution in [0.15, 0.2) is 30.5 Å². The van der Waals surface area contributed by atoms with Crippen LogP contribution in [0.1, 0.15) is 47.3 Å². The van der Waals surface area contributed by atoms with Crippen molar-refractivity contribution in [3.63, 3.8) is 0 Å². The van der Waals surface area contributed by atoms with Gasteiger partial charge in [-0.3, -0.25) is 4.79 Å². The monoisotopic (exact) mass is 312 g/mol. The van der Waals surface area contributed by atoms with Gasteiger partial charge in [-0.25, -0.2) is 4.68 Å². The zero-order valence-electron chi connectivity index (χ0n) is 13.2. The normalized spacial score (nSPS) is 20.7. The van der Waals surface area contributed by atoms with Crippen molar-refractivity contribution in [3.05, 3.63) is 41.7 Å². The van der Waals surface area contributed by atoms with Crippen LogP contribution in [0.4, 0.5) is 0 Å². The molecule has 2 aliphatic rings. The number of amides is 1. The van der Waals surface area contributed by atoms with Crippen LogP contribution in [-0.4, -0.2) is 46.0 Å². The first-order valence-electron chi connectivity index (χ1n) is 8.10. The third-order valence-electron chi connectivity index (χ3n) is 4.69. The van der Waals surface area contributed by atoms with Crippen LogP contribution < -0.4 is 4.74 Å². The maximum Gasteiger partial charge on any atom is 0.257 e. The van der Waals surface area contributed by atoms with E-state index in [2.05, 4.69) is 16.5 Å². The number of carbonyl (C=O) groups is 1. The van der Waals surface area contributed by atoms with E-state index in [1.165, 1.54) is 12.8 Å². The minimum Gasteiger partial charge on any atom is -0.496 e. The fraction of sp³-hybridized carbons (Fsp3) is 0.471. The number of aromatic nitrogens is 3. The standard InChI is InChI=1S/C17H20N4O2/c1-23-16-5-3-2-4-14(16)17(22)20-9-8-13(10-20)21-11-15(18-19-21)12-6-7-12/h2-5,11-13H,6-10H2,1H3. The molecule has 4 rings (SSSR count). The summed E-state index contributed by atoms with van der Waals surface area (Å²) in [5, 5.41) is 8.53. The molecule has 2 heterocycles. The number of likely N-dealkylation sites (tertiary alicyclic amines) is 1. The fourth-order valence-electron chi connectivity index (χ4n) is 3.17. The number of ether oxygens (including phenoxy) is 1. The highest BCUT2D eigenvalue weighted by molar-refractivity contribution is 5.97. The number of carbonyl (C=O) groups excluding carboxylic acids is 1. The Balaban J connectivity index is 1.47. The lowest BCUT2D eigenvalue weighted by Gasteiger charge is -2.18. The van der Waals surface area contributed by atoms with Crippen molar-refractivity contribution in [2.45, 2.75) is 31.2 Å². The van der Waals surface area contributed by atoms with E-state index >= 15 is 0 Å². The van der Waals surface area contributed by atoms with Crippen LogP contribution >= 0.6 is 0 Å². The zero-order valence-corrected chi connectivity index (χ0v) is 13.2. The summed E-state index contributed by atoms with van der Waals surface area (Å²) in [5.41, 5.74) is 1.72. The van der Waals surface area contributed by atoms with Crippen LogP contribution in [0.25, 0.3) is 0 Å². The molecular formula is C17H20N4O2. The first kappa shape index (κ1) is 14.2. The number of methoxy groups -OCH3 is 1. The number of hydrogen-bond acceptors (Lipinski definition) is 4. The molecular weight excluding hydrogens is 292 g/mol. The number of benzene rings is 1. The molecule has 1 saturated heterocycles. The molecule has 0 bridgehead atoms. The van der Waals surface area contributed by atoms with Gasteiger partial charge in [0.25, 0.3) is 5.91 Å². The Kier molecular flexibility index (Phi) is 3.52. The summed E-state index contributed by atoms with van der Waals surface area (Å²) >= 11 is 0. The van der Waals surface area contributed by atoms with E-state index in [4.69, 9.17) is 4.74 Å². The highest BCUT2D eigenvalue weighted by atomic mass is 16.5. The van der Waals surface area contributed by atoms with E-state index in [9.17, 15) is 4.79 Å². The van der Waals surface area contributed by atoms with Crippen LogP contribution in [0.2, 0.25) is 0 Å². The molecule has 1 unspecified atom stereocenters. The van der Waals surface area contributed by atoms with Crippen molar-refractivity contribution in [2.24, 2.45) is 0 Å². The summed E-state index contributed by atoms with van der Waals surface area (Å²) in [7, 11) is 1.59. The van der Waals surface area contributed by atoms with Crippen LogP contribution in [0.5, 0.6) is 5.75 Å². The van der Waals surface area contributed by atoms with Gasteiger partial charge in [-0.1, -0.05) is 17.3 Å². The van der Waals surface area contributed by atoms with Crippen molar-refractivity contribution >= 4 is 5.91 Å². The van der Waals surface area contributed by atoms with Crippen molar-refractivity contribution < 1.29 is 9.53 Å². The van der Waals surface area contributed by atoms with Gasteiger partial charge in [-0.15, -0.1) is 5.10 Å². The van der Waals surface area contributed by atoms with Gasteiger partial charge in [0, 0.05) is 25.2 Å². The van der Waals surface area contributed by atoms with E-state index in [0.29, 0.717) is 23.8 Å². The molecule has 2 fully saturated rings. The molecule has 1 aromatic carbocycles. The molecule has 0 N–H and O–H groups in total. The quantitative estimate of drug-likeness (QED) is 0.869. The lowest BCUT2D eigenvalue weighted by atomic mass is 10.2. The van der Waals surface area contributed by atoms with Gasteiger partial charge in [-0.2, -0.15) is 0 Å². The van der Waals surface area contributed by atoms with Crippen LogP contribution in [0, 0.1) is 0 Å². The maximum atomic E-state index is 12.7. The molecule has 23 heavy (non-hydrogen) atoms. The van der Waals surface area contributed by atoms with Gasteiger partial charge in [0.05, 0.1) is 24.4 Å². The van der Waals surface area contributed by atoms with Crippen molar-refractivity contribution in [3.8, 4) is 5.75 Å². The molecule has 120 valence electrons. The molecule has 1 amide bonds. The molecule has 1 aromatic heterocycles. The molecule has 0 radical (unpaired) electrons. The number of para-hydroxylation sites is 1. The summed E-state index contributed by atoms with van der Waals surface area (Å²) in [4.78, 5) is 14.6. The summed E-state index contributed by atoms with van der Waals surface area (Å²) in [6.07, 6.45) is 5.41. The second kappa shape index (κ2) is 5.68. The molecule has 1 atom stereocenters. The smallest absolute Gasteiger partial charge is 0.257 e.